The highest BCUT2D eigenvalue weighted by Gasteiger charge is 2.09. The van der Waals surface area contributed by atoms with Crippen LogP contribution < -0.4 is 4.90 Å². The maximum atomic E-state index is 10.9. The van der Waals surface area contributed by atoms with Crippen molar-refractivity contribution in [2.75, 3.05) is 11.9 Å². The minimum absolute atomic E-state index is 0.311. The van der Waals surface area contributed by atoms with Gasteiger partial charge in [0.05, 0.1) is 5.56 Å². The zero-order valence-corrected chi connectivity index (χ0v) is 12.2. The second-order valence-corrected chi connectivity index (χ2v) is 5.23. The Bertz CT molecular complexity index is 623. The maximum Gasteiger partial charge on any atom is 0.335 e. The number of benzene rings is 2. The highest BCUT2D eigenvalue weighted by atomic mass is 35.5. The van der Waals surface area contributed by atoms with E-state index in [1.54, 1.807) is 12.1 Å². The number of aromatic carboxylic acids is 1. The van der Waals surface area contributed by atoms with Gasteiger partial charge >= 0.3 is 5.97 Å². The zero-order valence-electron chi connectivity index (χ0n) is 11.4. The minimum Gasteiger partial charge on any atom is -0.478 e. The lowest BCUT2D eigenvalue weighted by molar-refractivity contribution is 0.0697. The van der Waals surface area contributed by atoms with Gasteiger partial charge in [-0.05, 0) is 48.4 Å². The Kier molecular flexibility index (Phi) is 4.30. The molecule has 0 amide bonds. The molecule has 2 rings (SSSR count). The number of carboxylic acids is 1. The van der Waals surface area contributed by atoms with Crippen molar-refractivity contribution in [2.45, 2.75) is 13.5 Å². The molecule has 0 fully saturated rings. The molecule has 0 aliphatic rings. The van der Waals surface area contributed by atoms with Crippen LogP contribution in [0.15, 0.2) is 42.5 Å². The number of hydrogen-bond acceptors (Lipinski definition) is 2. The summed E-state index contributed by atoms with van der Waals surface area (Å²) in [5.74, 6) is -0.903. The van der Waals surface area contributed by atoms with Crippen LogP contribution >= 0.6 is 11.6 Å². The molecule has 2 aromatic rings. The standard InChI is InChI=1S/C16H16ClNO2/c1-11-9-13(16(19)20)5-8-15(11)18(2)10-12-3-6-14(17)7-4-12/h3-9H,10H2,1-2H3,(H,19,20). The molecule has 3 nitrogen and oxygen atoms in total. The summed E-state index contributed by atoms with van der Waals surface area (Å²) in [5, 5.41) is 9.69. The lowest BCUT2D eigenvalue weighted by Crippen LogP contribution is -2.17. The van der Waals surface area contributed by atoms with E-state index in [1.165, 1.54) is 0 Å². The third kappa shape index (κ3) is 3.31. The average molecular weight is 290 g/mol. The predicted molar refractivity (Wildman–Crippen MR) is 81.7 cm³/mol. The summed E-state index contributed by atoms with van der Waals surface area (Å²) in [6, 6.07) is 12.9. The van der Waals surface area contributed by atoms with E-state index in [9.17, 15) is 4.79 Å². The summed E-state index contributed by atoms with van der Waals surface area (Å²) in [6.07, 6.45) is 0. The van der Waals surface area contributed by atoms with Crippen LogP contribution in [0.1, 0.15) is 21.5 Å². The molecule has 2 aromatic carbocycles. The van der Waals surface area contributed by atoms with Gasteiger partial charge in [0, 0.05) is 24.3 Å². The average Bonchev–Trinajstić information content (AvgIpc) is 2.41. The number of hydrogen-bond donors (Lipinski definition) is 1. The number of anilines is 1. The predicted octanol–water partition coefficient (Wildman–Crippen LogP) is 3.98. The Hall–Kier alpha value is -2.00. The number of aryl methyl sites for hydroxylation is 1. The number of rotatable bonds is 4. The maximum absolute atomic E-state index is 10.9. The van der Waals surface area contributed by atoms with Gasteiger partial charge in [0.2, 0.25) is 0 Å². The second kappa shape index (κ2) is 5.97. The summed E-state index contributed by atoms with van der Waals surface area (Å²) in [7, 11) is 1.98. The van der Waals surface area contributed by atoms with Crippen LogP contribution in [0.2, 0.25) is 5.02 Å². The Balaban J connectivity index is 2.18. The first kappa shape index (κ1) is 14.4. The molecule has 0 saturated heterocycles. The van der Waals surface area contributed by atoms with E-state index in [0.717, 1.165) is 28.4 Å². The third-order valence-corrected chi connectivity index (χ3v) is 3.44. The van der Waals surface area contributed by atoms with E-state index < -0.39 is 5.97 Å². The Morgan fingerprint density at radius 1 is 1.20 bits per heavy atom. The van der Waals surface area contributed by atoms with Gasteiger partial charge in [-0.2, -0.15) is 0 Å². The Morgan fingerprint density at radius 3 is 2.40 bits per heavy atom. The smallest absolute Gasteiger partial charge is 0.335 e. The van der Waals surface area contributed by atoms with Crippen LogP contribution in [0.5, 0.6) is 0 Å². The van der Waals surface area contributed by atoms with Gasteiger partial charge in [-0.25, -0.2) is 4.79 Å². The first-order chi connectivity index (χ1) is 9.47. The van der Waals surface area contributed by atoms with Crippen LogP contribution in [-0.4, -0.2) is 18.1 Å². The van der Waals surface area contributed by atoms with Crippen molar-refractivity contribution in [1.29, 1.82) is 0 Å². The molecule has 0 aliphatic heterocycles. The lowest BCUT2D eigenvalue weighted by atomic mass is 10.1. The van der Waals surface area contributed by atoms with Crippen LogP contribution in [0.3, 0.4) is 0 Å². The monoisotopic (exact) mass is 289 g/mol. The second-order valence-electron chi connectivity index (χ2n) is 4.79. The van der Waals surface area contributed by atoms with Crippen LogP contribution in [0.4, 0.5) is 5.69 Å². The Labute approximate surface area is 123 Å². The van der Waals surface area contributed by atoms with Crippen molar-refractivity contribution in [3.63, 3.8) is 0 Å². The van der Waals surface area contributed by atoms with Crippen molar-refractivity contribution in [3.05, 3.63) is 64.2 Å². The molecule has 0 spiro atoms. The van der Waals surface area contributed by atoms with Crippen molar-refractivity contribution in [1.82, 2.24) is 0 Å². The summed E-state index contributed by atoms with van der Waals surface area (Å²) in [5.41, 5.74) is 3.43. The molecule has 4 heteroatoms. The molecule has 0 radical (unpaired) electrons. The molecule has 0 atom stereocenters. The number of halogens is 1. The Morgan fingerprint density at radius 2 is 1.85 bits per heavy atom. The van der Waals surface area contributed by atoms with Gasteiger partial charge < -0.3 is 10.0 Å². The zero-order chi connectivity index (χ0) is 14.7. The molecule has 104 valence electrons. The summed E-state index contributed by atoms with van der Waals surface area (Å²) in [6.45, 7) is 2.66. The number of carboxylic acid groups (broad SMARTS) is 1. The molecule has 1 N–H and O–H groups in total. The first-order valence-corrected chi connectivity index (χ1v) is 6.64. The van der Waals surface area contributed by atoms with Gasteiger partial charge in [0.15, 0.2) is 0 Å². The van der Waals surface area contributed by atoms with Crippen molar-refractivity contribution < 1.29 is 9.90 Å². The highest BCUT2D eigenvalue weighted by molar-refractivity contribution is 6.30. The molecule has 0 aromatic heterocycles. The fourth-order valence-electron chi connectivity index (χ4n) is 2.17. The van der Waals surface area contributed by atoms with Gasteiger partial charge in [-0.3, -0.25) is 0 Å². The van der Waals surface area contributed by atoms with Crippen molar-refractivity contribution >= 4 is 23.3 Å². The number of nitrogens with zero attached hydrogens (tertiary/aromatic N) is 1. The lowest BCUT2D eigenvalue weighted by Gasteiger charge is -2.22. The van der Waals surface area contributed by atoms with Gasteiger partial charge in [0.25, 0.3) is 0 Å². The first-order valence-electron chi connectivity index (χ1n) is 6.27. The molecule has 0 bridgehead atoms. The van der Waals surface area contributed by atoms with Crippen LogP contribution in [-0.2, 0) is 6.54 Å². The third-order valence-electron chi connectivity index (χ3n) is 3.19. The fraction of sp³-hybridized carbons (Fsp3) is 0.188. The molecule has 20 heavy (non-hydrogen) atoms. The van der Waals surface area contributed by atoms with E-state index in [2.05, 4.69) is 4.90 Å². The summed E-state index contributed by atoms with van der Waals surface area (Å²) in [4.78, 5) is 13.0. The van der Waals surface area contributed by atoms with E-state index in [0.29, 0.717) is 5.56 Å². The van der Waals surface area contributed by atoms with E-state index in [1.807, 2.05) is 44.3 Å². The van der Waals surface area contributed by atoms with Crippen molar-refractivity contribution in [2.24, 2.45) is 0 Å². The molecule has 0 unspecified atom stereocenters. The molecule has 0 aliphatic carbocycles. The highest BCUT2D eigenvalue weighted by Crippen LogP contribution is 2.22. The molecular formula is C16H16ClNO2. The van der Waals surface area contributed by atoms with Gasteiger partial charge in [-0.15, -0.1) is 0 Å². The molecular weight excluding hydrogens is 274 g/mol. The minimum atomic E-state index is -0.903. The van der Waals surface area contributed by atoms with Crippen LogP contribution in [0.25, 0.3) is 0 Å². The quantitative estimate of drug-likeness (QED) is 0.925. The van der Waals surface area contributed by atoms with E-state index in [-0.39, 0.29) is 0 Å². The van der Waals surface area contributed by atoms with Crippen LogP contribution in [0, 0.1) is 6.92 Å². The molecule has 0 heterocycles. The fourth-order valence-corrected chi connectivity index (χ4v) is 2.29. The van der Waals surface area contributed by atoms with Gasteiger partial charge in [-0.1, -0.05) is 23.7 Å². The largest absolute Gasteiger partial charge is 0.478 e. The van der Waals surface area contributed by atoms with Gasteiger partial charge in [0.1, 0.15) is 0 Å². The number of carbonyl (C=O) groups is 1. The van der Waals surface area contributed by atoms with Crippen molar-refractivity contribution in [3.8, 4) is 0 Å². The molecule has 0 saturated carbocycles. The SMILES string of the molecule is Cc1cc(C(=O)O)ccc1N(C)Cc1ccc(Cl)cc1. The summed E-state index contributed by atoms with van der Waals surface area (Å²) < 4.78 is 0. The summed E-state index contributed by atoms with van der Waals surface area (Å²) >= 11 is 5.87. The van der Waals surface area contributed by atoms with E-state index >= 15 is 0 Å². The van der Waals surface area contributed by atoms with E-state index in [4.69, 9.17) is 16.7 Å². The normalized spacial score (nSPS) is 10.3. The topological polar surface area (TPSA) is 40.5 Å².